The van der Waals surface area contributed by atoms with Crippen molar-refractivity contribution in [1.82, 2.24) is 10.2 Å². The Balaban J connectivity index is 1.13. The topological polar surface area (TPSA) is 89.1 Å². The predicted molar refractivity (Wildman–Crippen MR) is 120 cm³/mol. The molecule has 1 saturated heterocycles. The molecule has 0 saturated carbocycles. The molecule has 2 aliphatic heterocycles. The number of anilines is 1. The Bertz CT molecular complexity index is 921. The van der Waals surface area contributed by atoms with Crippen LogP contribution in [0.1, 0.15) is 24.5 Å². The number of benzene rings is 2. The fourth-order valence-electron chi connectivity index (χ4n) is 3.83. The molecule has 1 unspecified atom stereocenters. The normalized spacial score (nSPS) is 18.1. The number of fused-ring (bicyclic) bond motifs is 1. The van der Waals surface area contributed by atoms with E-state index in [4.69, 9.17) is 14.2 Å². The summed E-state index contributed by atoms with van der Waals surface area (Å²) in [5.41, 5.74) is 1.70. The van der Waals surface area contributed by atoms with Crippen LogP contribution >= 0.6 is 0 Å². The van der Waals surface area contributed by atoms with E-state index in [1.165, 1.54) is 5.56 Å². The lowest BCUT2D eigenvalue weighted by Gasteiger charge is -2.33. The number of ether oxygens (including phenoxy) is 3. The van der Waals surface area contributed by atoms with Crippen molar-refractivity contribution in [3.63, 3.8) is 0 Å². The number of nitrogens with zero attached hydrogens (tertiary/aromatic N) is 1. The molecule has 0 aliphatic carbocycles. The molecule has 1 fully saturated rings. The quantitative estimate of drug-likeness (QED) is 0.509. The van der Waals surface area contributed by atoms with Gasteiger partial charge >= 0.3 is 11.8 Å². The average molecular weight is 440 g/mol. The molecule has 2 aromatic carbocycles. The van der Waals surface area contributed by atoms with Crippen LogP contribution in [0.3, 0.4) is 0 Å². The second-order valence-corrected chi connectivity index (χ2v) is 7.85. The molecule has 2 N–H and O–H groups in total. The van der Waals surface area contributed by atoms with Crippen molar-refractivity contribution in [2.45, 2.75) is 18.9 Å². The number of carbonyl (C=O) groups is 2. The average Bonchev–Trinajstić information content (AvgIpc) is 2.84. The molecular weight excluding hydrogens is 410 g/mol. The Morgan fingerprint density at radius 2 is 1.75 bits per heavy atom. The molecule has 0 radical (unpaired) electrons. The van der Waals surface area contributed by atoms with E-state index in [1.54, 1.807) is 18.2 Å². The summed E-state index contributed by atoms with van der Waals surface area (Å²) in [5, 5.41) is 5.28. The second-order valence-electron chi connectivity index (χ2n) is 7.85. The summed E-state index contributed by atoms with van der Waals surface area (Å²) in [6.45, 7) is 4.85. The molecule has 8 heteroatoms. The highest BCUT2D eigenvalue weighted by molar-refractivity contribution is 6.39. The first-order valence-electron chi connectivity index (χ1n) is 11.1. The van der Waals surface area contributed by atoms with Gasteiger partial charge in [0.1, 0.15) is 13.2 Å². The zero-order valence-corrected chi connectivity index (χ0v) is 18.0. The van der Waals surface area contributed by atoms with Crippen LogP contribution in [0.25, 0.3) is 0 Å². The molecule has 0 bridgehead atoms. The van der Waals surface area contributed by atoms with Crippen LogP contribution < -0.4 is 20.1 Å². The number of rotatable bonds is 7. The standard InChI is InChI=1S/C24H29N3O5/c28-23(24(29)26-19-8-9-20-21(16-19)32-15-14-31-20)25-10-4-5-11-27-12-13-30-22(17-27)18-6-2-1-3-7-18/h1-3,6-9,16,22H,4-5,10-15,17H2,(H,25,28)(H,26,29). The number of carbonyl (C=O) groups excluding carboxylic acids is 2. The van der Waals surface area contributed by atoms with Gasteiger partial charge in [0.2, 0.25) is 0 Å². The third-order valence-electron chi connectivity index (χ3n) is 5.51. The Labute approximate surface area is 187 Å². The van der Waals surface area contributed by atoms with Crippen LogP contribution in [-0.2, 0) is 14.3 Å². The van der Waals surface area contributed by atoms with Gasteiger partial charge in [-0.2, -0.15) is 0 Å². The maximum atomic E-state index is 12.1. The second kappa shape index (κ2) is 11.0. The van der Waals surface area contributed by atoms with Crippen molar-refractivity contribution in [1.29, 1.82) is 0 Å². The number of hydrogen-bond acceptors (Lipinski definition) is 6. The van der Waals surface area contributed by atoms with Crippen LogP contribution in [0.15, 0.2) is 48.5 Å². The van der Waals surface area contributed by atoms with E-state index in [0.717, 1.165) is 39.1 Å². The lowest BCUT2D eigenvalue weighted by molar-refractivity contribution is -0.136. The maximum absolute atomic E-state index is 12.1. The zero-order chi connectivity index (χ0) is 22.2. The molecular formula is C24H29N3O5. The van der Waals surface area contributed by atoms with Crippen LogP contribution in [0.2, 0.25) is 0 Å². The molecule has 32 heavy (non-hydrogen) atoms. The van der Waals surface area contributed by atoms with Gasteiger partial charge in [0, 0.05) is 31.4 Å². The number of unbranched alkanes of at least 4 members (excludes halogenated alkanes) is 1. The van der Waals surface area contributed by atoms with E-state index in [1.807, 2.05) is 18.2 Å². The van der Waals surface area contributed by atoms with E-state index >= 15 is 0 Å². The number of morpholine rings is 1. The minimum absolute atomic E-state index is 0.105. The van der Waals surface area contributed by atoms with Crippen molar-refractivity contribution in [2.75, 3.05) is 51.3 Å². The fourth-order valence-corrected chi connectivity index (χ4v) is 3.83. The summed E-state index contributed by atoms with van der Waals surface area (Å²) in [5.74, 6) is -0.142. The molecule has 8 nitrogen and oxygen atoms in total. The van der Waals surface area contributed by atoms with Gasteiger partial charge in [-0.1, -0.05) is 30.3 Å². The van der Waals surface area contributed by atoms with Crippen LogP contribution in [0.4, 0.5) is 5.69 Å². The Morgan fingerprint density at radius 3 is 2.59 bits per heavy atom. The van der Waals surface area contributed by atoms with Gasteiger partial charge in [-0.25, -0.2) is 0 Å². The lowest BCUT2D eigenvalue weighted by atomic mass is 10.1. The maximum Gasteiger partial charge on any atom is 0.313 e. The highest BCUT2D eigenvalue weighted by Crippen LogP contribution is 2.32. The van der Waals surface area contributed by atoms with Gasteiger partial charge in [-0.3, -0.25) is 14.5 Å². The molecule has 2 aromatic rings. The van der Waals surface area contributed by atoms with Crippen molar-refractivity contribution >= 4 is 17.5 Å². The molecule has 2 aliphatic rings. The minimum Gasteiger partial charge on any atom is -0.486 e. The molecule has 2 amide bonds. The first-order chi connectivity index (χ1) is 15.7. The molecule has 2 heterocycles. The third-order valence-corrected chi connectivity index (χ3v) is 5.51. The smallest absolute Gasteiger partial charge is 0.313 e. The van der Waals surface area contributed by atoms with Gasteiger partial charge in [0.05, 0.1) is 12.7 Å². The minimum atomic E-state index is -0.694. The first kappa shape index (κ1) is 22.1. The van der Waals surface area contributed by atoms with Gasteiger partial charge in [0.15, 0.2) is 11.5 Å². The van der Waals surface area contributed by atoms with Crippen molar-refractivity contribution in [3.05, 3.63) is 54.1 Å². The number of amides is 2. The van der Waals surface area contributed by atoms with Gasteiger partial charge < -0.3 is 24.8 Å². The zero-order valence-electron chi connectivity index (χ0n) is 18.0. The highest BCUT2D eigenvalue weighted by Gasteiger charge is 2.21. The molecule has 170 valence electrons. The molecule has 0 aromatic heterocycles. The van der Waals surface area contributed by atoms with E-state index in [-0.39, 0.29) is 6.10 Å². The monoisotopic (exact) mass is 439 g/mol. The summed E-state index contributed by atoms with van der Waals surface area (Å²) >= 11 is 0. The molecule has 0 spiro atoms. The largest absolute Gasteiger partial charge is 0.486 e. The van der Waals surface area contributed by atoms with Crippen LogP contribution in [0, 0.1) is 0 Å². The SMILES string of the molecule is O=C(NCCCCN1CCOC(c2ccccc2)C1)C(=O)Nc1ccc2c(c1)OCCO2. The Kier molecular flexibility index (Phi) is 7.58. The molecule has 1 atom stereocenters. The highest BCUT2D eigenvalue weighted by atomic mass is 16.6. The van der Waals surface area contributed by atoms with Gasteiger partial charge in [-0.15, -0.1) is 0 Å². The molecule has 4 rings (SSSR count). The summed E-state index contributed by atoms with van der Waals surface area (Å²) in [7, 11) is 0. The van der Waals surface area contributed by atoms with E-state index in [9.17, 15) is 9.59 Å². The van der Waals surface area contributed by atoms with Crippen molar-refractivity contribution in [2.24, 2.45) is 0 Å². The summed E-state index contributed by atoms with van der Waals surface area (Å²) < 4.78 is 16.8. The summed E-state index contributed by atoms with van der Waals surface area (Å²) in [4.78, 5) is 26.6. The van der Waals surface area contributed by atoms with Crippen LogP contribution in [-0.4, -0.2) is 62.7 Å². The first-order valence-corrected chi connectivity index (χ1v) is 11.1. The third kappa shape index (κ3) is 5.99. The van der Waals surface area contributed by atoms with Crippen molar-refractivity contribution in [3.8, 4) is 11.5 Å². The van der Waals surface area contributed by atoms with Crippen LogP contribution in [0.5, 0.6) is 11.5 Å². The Hall–Kier alpha value is -3.10. The lowest BCUT2D eigenvalue weighted by Crippen LogP contribution is -2.39. The summed E-state index contributed by atoms with van der Waals surface area (Å²) in [6, 6.07) is 15.3. The summed E-state index contributed by atoms with van der Waals surface area (Å²) in [6.07, 6.45) is 1.84. The fraction of sp³-hybridized carbons (Fsp3) is 0.417. The van der Waals surface area contributed by atoms with E-state index in [2.05, 4.69) is 27.7 Å². The Morgan fingerprint density at radius 1 is 0.938 bits per heavy atom. The van der Waals surface area contributed by atoms with Gasteiger partial charge in [0.25, 0.3) is 0 Å². The number of hydrogen-bond donors (Lipinski definition) is 2. The van der Waals surface area contributed by atoms with E-state index < -0.39 is 11.8 Å². The van der Waals surface area contributed by atoms with E-state index in [0.29, 0.717) is 36.9 Å². The van der Waals surface area contributed by atoms with Gasteiger partial charge in [-0.05, 0) is 37.1 Å². The number of nitrogens with one attached hydrogen (secondary N) is 2. The van der Waals surface area contributed by atoms with Crippen molar-refractivity contribution < 1.29 is 23.8 Å². The predicted octanol–water partition coefficient (Wildman–Crippen LogP) is 2.37.